The minimum absolute atomic E-state index is 0.00968. The number of hydrogen-bond acceptors (Lipinski definition) is 14. The monoisotopic (exact) mass is 732 g/mol. The maximum Gasteiger partial charge on any atom is 0.336 e. The van der Waals surface area contributed by atoms with Gasteiger partial charge in [-0.1, -0.05) is 24.3 Å². The normalized spacial score (nSPS) is 17.1. The topological polar surface area (TPSA) is 216 Å². The van der Waals surface area contributed by atoms with Crippen LogP contribution in [0.4, 0.5) is 11.4 Å². The third-order valence-corrected chi connectivity index (χ3v) is 8.90. The predicted molar refractivity (Wildman–Crippen MR) is 189 cm³/mol. The molecule has 2 heterocycles. The number of benzene rings is 2. The Morgan fingerprint density at radius 1 is 0.547 bits per heavy atom. The van der Waals surface area contributed by atoms with E-state index in [1.54, 1.807) is 27.7 Å². The van der Waals surface area contributed by atoms with Gasteiger partial charge in [0.05, 0.1) is 71.4 Å². The van der Waals surface area contributed by atoms with E-state index in [2.05, 4.69) is 10.6 Å². The van der Waals surface area contributed by atoms with Gasteiger partial charge in [-0.25, -0.2) is 19.2 Å². The summed E-state index contributed by atoms with van der Waals surface area (Å²) in [5, 5.41) is 28.5. The van der Waals surface area contributed by atoms with Crippen LogP contribution in [0.5, 0.6) is 0 Å². The first-order valence-corrected chi connectivity index (χ1v) is 16.6. The van der Waals surface area contributed by atoms with Gasteiger partial charge in [0.2, 0.25) is 0 Å². The highest BCUT2D eigenvalue weighted by Gasteiger charge is 2.39. The molecule has 2 aliphatic heterocycles. The number of rotatable bonds is 14. The second-order valence-corrected chi connectivity index (χ2v) is 12.3. The first kappa shape index (κ1) is 39.5. The minimum atomic E-state index is -0.906. The van der Waals surface area contributed by atoms with Crippen molar-refractivity contribution in [3.8, 4) is 0 Å². The van der Waals surface area contributed by atoms with Gasteiger partial charge >= 0.3 is 23.9 Å². The van der Waals surface area contributed by atoms with E-state index in [4.69, 9.17) is 18.9 Å². The molecular weight excluding hydrogens is 692 g/mol. The van der Waals surface area contributed by atoms with E-state index < -0.39 is 45.6 Å². The van der Waals surface area contributed by atoms with Crippen molar-refractivity contribution >= 4 is 35.3 Å². The standard InChI is InChI=1S/C37H40N4O12/c1-20-28(34(42)50-5)32(24-10-14-26(15-11-24)40(46)47)30(22(3)38-20)36(44)52-18-8-7-9-19-53-37(45)31-23(4)39-21(2)29(35(43)51-6)33(31)25-12-16-27(17-13-25)41(48)49/h10-17,32-33,38-39H,7-9,18-19H2,1-6H3. The number of carbonyl (C=O) groups excluding carboxylic acids is 4. The molecule has 16 nitrogen and oxygen atoms in total. The minimum Gasteiger partial charge on any atom is -0.466 e. The van der Waals surface area contributed by atoms with Crippen LogP contribution in [0.2, 0.25) is 0 Å². The van der Waals surface area contributed by atoms with Gasteiger partial charge in [-0.15, -0.1) is 0 Å². The van der Waals surface area contributed by atoms with Crippen molar-refractivity contribution in [2.45, 2.75) is 58.8 Å². The van der Waals surface area contributed by atoms with Gasteiger partial charge in [-0.05, 0) is 58.1 Å². The molecule has 2 atom stereocenters. The van der Waals surface area contributed by atoms with Crippen LogP contribution >= 0.6 is 0 Å². The summed E-state index contributed by atoms with van der Waals surface area (Å²) in [4.78, 5) is 74.0. The lowest BCUT2D eigenvalue weighted by Gasteiger charge is -2.30. The van der Waals surface area contributed by atoms with Crippen LogP contribution in [-0.2, 0) is 38.1 Å². The third-order valence-electron chi connectivity index (χ3n) is 8.90. The summed E-state index contributed by atoms with van der Waals surface area (Å²) < 4.78 is 21.2. The number of ether oxygens (including phenoxy) is 4. The van der Waals surface area contributed by atoms with Crippen molar-refractivity contribution in [3.63, 3.8) is 0 Å². The van der Waals surface area contributed by atoms with Gasteiger partial charge in [0.1, 0.15) is 0 Å². The van der Waals surface area contributed by atoms with Gasteiger partial charge in [-0.3, -0.25) is 20.2 Å². The van der Waals surface area contributed by atoms with Crippen molar-refractivity contribution in [2.24, 2.45) is 0 Å². The van der Waals surface area contributed by atoms with Crippen molar-refractivity contribution in [3.05, 3.63) is 125 Å². The molecule has 0 bridgehead atoms. The number of hydrogen-bond donors (Lipinski definition) is 2. The number of methoxy groups -OCH3 is 2. The maximum absolute atomic E-state index is 13.5. The van der Waals surface area contributed by atoms with E-state index in [1.807, 2.05) is 0 Å². The molecule has 0 fully saturated rings. The maximum atomic E-state index is 13.5. The van der Waals surface area contributed by atoms with E-state index in [-0.39, 0.29) is 46.9 Å². The van der Waals surface area contributed by atoms with Crippen molar-refractivity contribution < 1.29 is 48.0 Å². The first-order chi connectivity index (χ1) is 25.2. The molecule has 0 aliphatic carbocycles. The Morgan fingerprint density at radius 3 is 1.13 bits per heavy atom. The number of nitro groups is 2. The summed E-state index contributed by atoms with van der Waals surface area (Å²) in [5.41, 5.74) is 3.09. The van der Waals surface area contributed by atoms with Gasteiger partial charge in [-0.2, -0.15) is 0 Å². The van der Waals surface area contributed by atoms with E-state index >= 15 is 0 Å². The van der Waals surface area contributed by atoms with Crippen LogP contribution in [-0.4, -0.2) is 61.2 Å². The zero-order chi connectivity index (χ0) is 39.0. The van der Waals surface area contributed by atoms with Crippen LogP contribution in [0.3, 0.4) is 0 Å². The number of carbonyl (C=O) groups is 4. The number of non-ortho nitro benzene ring substituents is 2. The number of unbranched alkanes of at least 4 members (excludes halogenated alkanes) is 2. The molecule has 4 rings (SSSR count). The fourth-order valence-corrected chi connectivity index (χ4v) is 6.40. The Bertz CT molecular complexity index is 1800. The third kappa shape index (κ3) is 8.77. The largest absolute Gasteiger partial charge is 0.466 e. The summed E-state index contributed by atoms with van der Waals surface area (Å²) in [6, 6.07) is 11.1. The fourth-order valence-electron chi connectivity index (χ4n) is 6.40. The molecule has 53 heavy (non-hydrogen) atoms. The van der Waals surface area contributed by atoms with Gasteiger partial charge < -0.3 is 29.6 Å². The van der Waals surface area contributed by atoms with Gasteiger partial charge in [0.25, 0.3) is 11.4 Å². The fraction of sp³-hybridized carbons (Fsp3) is 0.351. The van der Waals surface area contributed by atoms with Crippen LogP contribution in [0.15, 0.2) is 93.6 Å². The summed E-state index contributed by atoms with van der Waals surface area (Å²) in [7, 11) is 2.43. The molecule has 280 valence electrons. The zero-order valence-corrected chi connectivity index (χ0v) is 30.1. The number of dihydropyridines is 2. The number of nitro benzene ring substituents is 2. The number of esters is 4. The molecule has 2 N–H and O–H groups in total. The molecule has 0 radical (unpaired) electrons. The van der Waals surface area contributed by atoms with Crippen molar-refractivity contribution in [1.82, 2.24) is 10.6 Å². The molecule has 2 aliphatic rings. The van der Waals surface area contributed by atoms with Gasteiger partial charge in [0, 0.05) is 47.1 Å². The SMILES string of the molecule is COC(=O)C1=C(C)NC(C)=C(C(=O)OCCCCCOC(=O)C2=C(C)NC(C)=C(C(=O)OC)C2c2ccc([N+](=O)[O-])cc2)C1c1ccc([N+](=O)[O-])cc1. The average molecular weight is 733 g/mol. The highest BCUT2D eigenvalue weighted by Crippen LogP contribution is 2.41. The highest BCUT2D eigenvalue weighted by molar-refractivity contribution is 6.00. The molecule has 16 heteroatoms. The second kappa shape index (κ2) is 17.3. The number of nitrogens with one attached hydrogen (secondary N) is 2. The predicted octanol–water partition coefficient (Wildman–Crippen LogP) is 5.28. The first-order valence-electron chi connectivity index (χ1n) is 16.6. The molecule has 0 spiro atoms. The van der Waals surface area contributed by atoms with Crippen LogP contribution in [0.25, 0.3) is 0 Å². The second-order valence-electron chi connectivity index (χ2n) is 12.3. The molecule has 0 saturated carbocycles. The Morgan fingerprint density at radius 2 is 0.849 bits per heavy atom. The lowest BCUT2D eigenvalue weighted by atomic mass is 9.80. The highest BCUT2D eigenvalue weighted by atomic mass is 16.6. The summed E-state index contributed by atoms with van der Waals surface area (Å²) in [5.74, 6) is -4.53. The molecule has 2 unspecified atom stereocenters. The van der Waals surface area contributed by atoms with Crippen LogP contribution in [0.1, 0.15) is 69.9 Å². The van der Waals surface area contributed by atoms with E-state index in [0.717, 1.165) is 0 Å². The van der Waals surface area contributed by atoms with Crippen LogP contribution in [0, 0.1) is 20.2 Å². The summed E-state index contributed by atoms with van der Waals surface area (Å²) in [6.07, 6.45) is 1.32. The Labute approximate surface area is 304 Å². The number of nitrogens with zero attached hydrogens (tertiary/aromatic N) is 2. The smallest absolute Gasteiger partial charge is 0.336 e. The van der Waals surface area contributed by atoms with Gasteiger partial charge in [0.15, 0.2) is 0 Å². The van der Waals surface area contributed by atoms with Crippen LogP contribution < -0.4 is 10.6 Å². The lowest BCUT2D eigenvalue weighted by molar-refractivity contribution is -0.385. The molecule has 2 aromatic carbocycles. The number of allylic oxidation sites excluding steroid dienone is 4. The van der Waals surface area contributed by atoms with E-state index in [9.17, 15) is 39.4 Å². The Hall–Kier alpha value is -6.32. The molecular formula is C37H40N4O12. The Kier molecular flexibility index (Phi) is 12.9. The quantitative estimate of drug-likeness (QED) is 0.0832. The molecule has 0 saturated heterocycles. The van der Waals surface area contributed by atoms with Crippen molar-refractivity contribution in [2.75, 3.05) is 27.4 Å². The molecule has 0 amide bonds. The van der Waals surface area contributed by atoms with Crippen molar-refractivity contribution in [1.29, 1.82) is 0 Å². The summed E-state index contributed by atoms with van der Waals surface area (Å²) >= 11 is 0. The molecule has 2 aromatic rings. The summed E-state index contributed by atoms with van der Waals surface area (Å²) in [6.45, 7) is 6.68. The zero-order valence-electron chi connectivity index (χ0n) is 30.1. The van der Waals surface area contributed by atoms with E-state index in [1.165, 1.54) is 62.8 Å². The lowest BCUT2D eigenvalue weighted by Crippen LogP contribution is -2.32. The van der Waals surface area contributed by atoms with E-state index in [0.29, 0.717) is 53.2 Å². The average Bonchev–Trinajstić information content (AvgIpc) is 3.13. The Balaban J connectivity index is 1.39. The molecule has 0 aromatic heterocycles.